The molecule has 0 spiro atoms. The highest BCUT2D eigenvalue weighted by Gasteiger charge is 2.21. The first-order chi connectivity index (χ1) is 9.09. The van der Waals surface area contributed by atoms with Gasteiger partial charge in [0.1, 0.15) is 5.56 Å². The zero-order valence-corrected chi connectivity index (χ0v) is 9.58. The van der Waals surface area contributed by atoms with Gasteiger partial charge in [0.2, 0.25) is 0 Å². The lowest BCUT2D eigenvalue weighted by Gasteiger charge is -2.05. The second-order valence-electron chi connectivity index (χ2n) is 3.59. The van der Waals surface area contributed by atoms with Crippen molar-refractivity contribution in [2.45, 2.75) is 0 Å². The molecule has 5 nitrogen and oxygen atoms in total. The highest BCUT2D eigenvalue weighted by Crippen LogP contribution is 2.22. The van der Waals surface area contributed by atoms with Crippen molar-refractivity contribution < 1.29 is 18.8 Å². The third-order valence-electron chi connectivity index (χ3n) is 2.36. The minimum absolute atomic E-state index is 0.226. The van der Waals surface area contributed by atoms with Crippen molar-refractivity contribution in [1.29, 1.82) is 0 Å². The van der Waals surface area contributed by atoms with Gasteiger partial charge >= 0.3 is 5.97 Å². The summed E-state index contributed by atoms with van der Waals surface area (Å²) in [6.45, 7) is 0. The number of hydrogen-bond acceptors (Lipinski definition) is 4. The highest BCUT2D eigenvalue weighted by atomic mass is 19.1. The van der Waals surface area contributed by atoms with Crippen LogP contribution in [0.25, 0.3) is 0 Å². The van der Waals surface area contributed by atoms with Crippen LogP contribution in [0.2, 0.25) is 0 Å². The number of rotatable bonds is 3. The minimum Gasteiger partial charge on any atom is -0.420 e. The summed E-state index contributed by atoms with van der Waals surface area (Å²) in [6.07, 6.45) is 0. The molecule has 0 unspecified atom stereocenters. The van der Waals surface area contributed by atoms with Crippen LogP contribution in [0.4, 0.5) is 10.1 Å². The average Bonchev–Trinajstić information content (AvgIpc) is 2.41. The Morgan fingerprint density at radius 2 is 1.74 bits per heavy atom. The fourth-order valence-electron chi connectivity index (χ4n) is 1.49. The van der Waals surface area contributed by atoms with E-state index in [1.165, 1.54) is 42.5 Å². The van der Waals surface area contributed by atoms with Crippen LogP contribution in [0, 0.1) is 15.9 Å². The van der Waals surface area contributed by atoms with E-state index >= 15 is 0 Å². The predicted octanol–water partition coefficient (Wildman–Crippen LogP) is 2.95. The van der Waals surface area contributed by atoms with Gasteiger partial charge in [0.05, 0.1) is 4.92 Å². The summed E-state index contributed by atoms with van der Waals surface area (Å²) in [5.41, 5.74) is -0.611. The molecule has 0 aliphatic heterocycles. The fourth-order valence-corrected chi connectivity index (χ4v) is 1.49. The van der Waals surface area contributed by atoms with E-state index in [2.05, 4.69) is 0 Å². The number of carbonyl (C=O) groups excluding carboxylic acids is 1. The van der Waals surface area contributed by atoms with Crippen LogP contribution in [0.15, 0.2) is 48.5 Å². The number of carbonyl (C=O) groups is 1. The standard InChI is InChI=1S/C13H8FNO4/c14-10-6-2-4-8-12(10)19-13(16)9-5-1-3-7-11(9)15(17)18/h1-8H. The SMILES string of the molecule is O=C(Oc1ccccc1F)c1ccccc1[N+](=O)[O-]. The molecule has 0 aliphatic rings. The number of nitrogens with zero attached hydrogens (tertiary/aromatic N) is 1. The lowest BCUT2D eigenvalue weighted by molar-refractivity contribution is -0.385. The lowest BCUT2D eigenvalue weighted by Crippen LogP contribution is -2.11. The van der Waals surface area contributed by atoms with Gasteiger partial charge in [0.25, 0.3) is 5.69 Å². The molecule has 0 bridgehead atoms. The Hall–Kier alpha value is -2.76. The first-order valence-electron chi connectivity index (χ1n) is 5.29. The summed E-state index contributed by atoms with van der Waals surface area (Å²) in [6, 6.07) is 10.6. The van der Waals surface area contributed by atoms with Crippen molar-refractivity contribution in [3.63, 3.8) is 0 Å². The molecule has 0 N–H and O–H groups in total. The summed E-state index contributed by atoms with van der Waals surface area (Å²) in [4.78, 5) is 21.9. The number of nitro groups is 1. The third-order valence-corrected chi connectivity index (χ3v) is 2.36. The molecule has 19 heavy (non-hydrogen) atoms. The van der Waals surface area contributed by atoms with Crippen LogP contribution in [-0.4, -0.2) is 10.9 Å². The number of halogens is 1. The monoisotopic (exact) mass is 261 g/mol. The number of benzene rings is 2. The van der Waals surface area contributed by atoms with Gasteiger partial charge in [-0.3, -0.25) is 10.1 Å². The maximum atomic E-state index is 13.3. The lowest BCUT2D eigenvalue weighted by atomic mass is 10.2. The van der Waals surface area contributed by atoms with Crippen LogP contribution in [-0.2, 0) is 0 Å². The van der Waals surface area contributed by atoms with Crippen molar-refractivity contribution >= 4 is 11.7 Å². The number of ether oxygens (including phenoxy) is 1. The Morgan fingerprint density at radius 1 is 1.11 bits per heavy atom. The molecule has 6 heteroatoms. The Morgan fingerprint density at radius 3 is 2.42 bits per heavy atom. The largest absolute Gasteiger partial charge is 0.420 e. The van der Waals surface area contributed by atoms with Gasteiger partial charge < -0.3 is 4.74 Å². The molecule has 0 aliphatic carbocycles. The average molecular weight is 261 g/mol. The maximum Gasteiger partial charge on any atom is 0.350 e. The van der Waals surface area contributed by atoms with Gasteiger partial charge in [0.15, 0.2) is 11.6 Å². The highest BCUT2D eigenvalue weighted by molar-refractivity contribution is 5.95. The zero-order valence-electron chi connectivity index (χ0n) is 9.58. The summed E-state index contributed by atoms with van der Waals surface area (Å²) >= 11 is 0. The summed E-state index contributed by atoms with van der Waals surface area (Å²) in [7, 11) is 0. The van der Waals surface area contributed by atoms with E-state index in [9.17, 15) is 19.3 Å². The quantitative estimate of drug-likeness (QED) is 0.368. The molecule has 0 amide bonds. The van der Waals surface area contributed by atoms with E-state index in [0.717, 1.165) is 6.07 Å². The van der Waals surface area contributed by atoms with Crippen molar-refractivity contribution in [2.24, 2.45) is 0 Å². The van der Waals surface area contributed by atoms with Crippen molar-refractivity contribution in [1.82, 2.24) is 0 Å². The molecule has 0 fully saturated rings. The van der Waals surface area contributed by atoms with E-state index in [1.54, 1.807) is 0 Å². The molecule has 0 aromatic heterocycles. The van der Waals surface area contributed by atoms with E-state index in [1.807, 2.05) is 0 Å². The Balaban J connectivity index is 2.31. The molecule has 2 aromatic rings. The van der Waals surface area contributed by atoms with E-state index in [4.69, 9.17) is 4.74 Å². The Bertz CT molecular complexity index is 642. The van der Waals surface area contributed by atoms with Crippen LogP contribution in [0.1, 0.15) is 10.4 Å². The smallest absolute Gasteiger partial charge is 0.350 e. The normalized spacial score (nSPS) is 9.95. The molecule has 0 atom stereocenters. The number of nitro benzene ring substituents is 1. The second-order valence-corrected chi connectivity index (χ2v) is 3.59. The molecule has 0 saturated heterocycles. The molecule has 0 radical (unpaired) electrons. The molecule has 96 valence electrons. The van der Waals surface area contributed by atoms with Gasteiger partial charge in [-0.2, -0.15) is 0 Å². The first-order valence-corrected chi connectivity index (χ1v) is 5.29. The van der Waals surface area contributed by atoms with Crippen molar-refractivity contribution in [3.05, 3.63) is 70.0 Å². The predicted molar refractivity (Wildman–Crippen MR) is 64.5 cm³/mol. The van der Waals surface area contributed by atoms with Crippen molar-refractivity contribution in [3.8, 4) is 5.75 Å². The van der Waals surface area contributed by atoms with Gasteiger partial charge in [-0.25, -0.2) is 9.18 Å². The molecular weight excluding hydrogens is 253 g/mol. The summed E-state index contributed by atoms with van der Waals surface area (Å²) in [5, 5.41) is 10.8. The summed E-state index contributed by atoms with van der Waals surface area (Å²) in [5.74, 6) is -1.96. The fraction of sp³-hybridized carbons (Fsp3) is 0. The maximum absolute atomic E-state index is 13.3. The first kappa shape index (κ1) is 12.7. The second kappa shape index (κ2) is 5.26. The topological polar surface area (TPSA) is 69.4 Å². The van der Waals surface area contributed by atoms with Gasteiger partial charge in [0, 0.05) is 6.07 Å². The minimum atomic E-state index is -0.975. The Kier molecular flexibility index (Phi) is 3.51. The third kappa shape index (κ3) is 2.74. The number of hydrogen-bond donors (Lipinski definition) is 0. The number of esters is 1. The van der Waals surface area contributed by atoms with Gasteiger partial charge in [-0.15, -0.1) is 0 Å². The molecular formula is C13H8FNO4. The van der Waals surface area contributed by atoms with E-state index < -0.39 is 16.7 Å². The summed E-state index contributed by atoms with van der Waals surface area (Å²) < 4.78 is 18.1. The zero-order chi connectivity index (χ0) is 13.8. The molecule has 2 rings (SSSR count). The van der Waals surface area contributed by atoms with Crippen LogP contribution in [0.3, 0.4) is 0 Å². The Labute approximate surface area is 107 Å². The van der Waals surface area contributed by atoms with Gasteiger partial charge in [-0.1, -0.05) is 24.3 Å². The van der Waals surface area contributed by atoms with E-state index in [-0.39, 0.29) is 17.0 Å². The van der Waals surface area contributed by atoms with Crippen LogP contribution < -0.4 is 4.74 Å². The molecule has 2 aromatic carbocycles. The van der Waals surface area contributed by atoms with Crippen LogP contribution in [0.5, 0.6) is 5.75 Å². The number of para-hydroxylation sites is 2. The van der Waals surface area contributed by atoms with Crippen molar-refractivity contribution in [2.75, 3.05) is 0 Å². The molecule has 0 heterocycles. The van der Waals surface area contributed by atoms with Crippen LogP contribution >= 0.6 is 0 Å². The molecule has 0 saturated carbocycles. The van der Waals surface area contributed by atoms with Gasteiger partial charge in [-0.05, 0) is 18.2 Å². The van der Waals surface area contributed by atoms with E-state index in [0.29, 0.717) is 0 Å².